The van der Waals surface area contributed by atoms with Gasteiger partial charge in [-0.15, -0.1) is 0 Å². The summed E-state index contributed by atoms with van der Waals surface area (Å²) in [6.07, 6.45) is 0. The molecule has 2 aromatic rings. The van der Waals surface area contributed by atoms with E-state index in [2.05, 4.69) is 5.32 Å². The Labute approximate surface area is 122 Å². The van der Waals surface area contributed by atoms with Crippen LogP contribution in [0.25, 0.3) is 0 Å². The molecule has 0 aliphatic carbocycles. The molecule has 0 fully saturated rings. The average molecular weight is 284 g/mol. The maximum absolute atomic E-state index is 11.4. The van der Waals surface area contributed by atoms with Gasteiger partial charge in [0.2, 0.25) is 0 Å². The van der Waals surface area contributed by atoms with Crippen LogP contribution in [-0.4, -0.2) is 19.6 Å². The molecule has 3 N–H and O–H groups in total. The van der Waals surface area contributed by atoms with Crippen LogP contribution in [0.2, 0.25) is 0 Å². The minimum Gasteiger partial charge on any atom is -0.497 e. The number of benzene rings is 2. The van der Waals surface area contributed by atoms with E-state index in [4.69, 9.17) is 15.2 Å². The lowest BCUT2D eigenvalue weighted by atomic mass is 9.98. The molecule has 1 amide bonds. The van der Waals surface area contributed by atoms with E-state index in [0.29, 0.717) is 11.4 Å². The van der Waals surface area contributed by atoms with E-state index in [1.165, 1.54) is 0 Å². The van der Waals surface area contributed by atoms with Gasteiger partial charge >= 0.3 is 0 Å². The molecule has 5 heteroatoms. The van der Waals surface area contributed by atoms with Crippen LogP contribution in [0.1, 0.15) is 17.2 Å². The number of rotatable bonds is 3. The lowest BCUT2D eigenvalue weighted by Gasteiger charge is -2.20. The highest BCUT2D eigenvalue weighted by Crippen LogP contribution is 2.32. The van der Waals surface area contributed by atoms with Gasteiger partial charge in [-0.2, -0.15) is 0 Å². The van der Waals surface area contributed by atoms with Gasteiger partial charge in [0.15, 0.2) is 6.61 Å². The molecule has 0 radical (unpaired) electrons. The summed E-state index contributed by atoms with van der Waals surface area (Å²) in [6, 6.07) is 12.9. The minimum atomic E-state index is -0.278. The summed E-state index contributed by atoms with van der Waals surface area (Å²) in [7, 11) is 1.63. The molecule has 0 bridgehead atoms. The maximum atomic E-state index is 11.4. The van der Waals surface area contributed by atoms with Gasteiger partial charge in [0.25, 0.3) is 5.91 Å². The molecule has 21 heavy (non-hydrogen) atoms. The highest BCUT2D eigenvalue weighted by atomic mass is 16.5. The Balaban J connectivity index is 1.88. The predicted molar refractivity (Wildman–Crippen MR) is 79.6 cm³/mol. The van der Waals surface area contributed by atoms with Gasteiger partial charge in [-0.05, 0) is 35.4 Å². The first kappa shape index (κ1) is 13.5. The van der Waals surface area contributed by atoms with E-state index in [9.17, 15) is 4.79 Å². The first-order valence-electron chi connectivity index (χ1n) is 6.63. The van der Waals surface area contributed by atoms with Crippen molar-refractivity contribution >= 4 is 11.6 Å². The summed E-state index contributed by atoms with van der Waals surface area (Å²) >= 11 is 0. The van der Waals surface area contributed by atoms with Crippen LogP contribution in [0, 0.1) is 0 Å². The third kappa shape index (κ3) is 2.68. The van der Waals surface area contributed by atoms with Crippen molar-refractivity contribution in [3.05, 3.63) is 53.6 Å². The van der Waals surface area contributed by atoms with E-state index in [0.717, 1.165) is 16.9 Å². The van der Waals surface area contributed by atoms with Crippen molar-refractivity contribution in [3.63, 3.8) is 0 Å². The van der Waals surface area contributed by atoms with Crippen LogP contribution in [0.4, 0.5) is 5.69 Å². The van der Waals surface area contributed by atoms with Crippen LogP contribution in [0.5, 0.6) is 11.5 Å². The molecule has 1 unspecified atom stereocenters. The highest BCUT2D eigenvalue weighted by Gasteiger charge is 2.18. The SMILES string of the molecule is COc1ccc(C(N)c2ccc3c(c2)NC(=O)CO3)cc1. The van der Waals surface area contributed by atoms with Crippen molar-refractivity contribution < 1.29 is 14.3 Å². The largest absolute Gasteiger partial charge is 0.497 e. The van der Waals surface area contributed by atoms with Crippen LogP contribution in [-0.2, 0) is 4.79 Å². The Kier molecular flexibility index (Phi) is 3.50. The van der Waals surface area contributed by atoms with E-state index in [1.54, 1.807) is 7.11 Å². The van der Waals surface area contributed by atoms with E-state index < -0.39 is 0 Å². The first-order chi connectivity index (χ1) is 10.2. The molecular weight excluding hydrogens is 268 g/mol. The fraction of sp³-hybridized carbons (Fsp3) is 0.188. The van der Waals surface area contributed by atoms with Gasteiger partial charge in [0.05, 0.1) is 18.8 Å². The van der Waals surface area contributed by atoms with Gasteiger partial charge in [-0.25, -0.2) is 0 Å². The fourth-order valence-corrected chi connectivity index (χ4v) is 2.30. The highest BCUT2D eigenvalue weighted by molar-refractivity contribution is 5.95. The molecule has 108 valence electrons. The first-order valence-corrected chi connectivity index (χ1v) is 6.63. The Hall–Kier alpha value is -2.53. The summed E-state index contributed by atoms with van der Waals surface area (Å²) in [5.41, 5.74) is 8.82. The second-order valence-corrected chi connectivity index (χ2v) is 4.84. The quantitative estimate of drug-likeness (QED) is 0.905. The molecule has 0 aromatic heterocycles. The zero-order valence-corrected chi connectivity index (χ0v) is 11.6. The van der Waals surface area contributed by atoms with E-state index in [-0.39, 0.29) is 18.6 Å². The van der Waals surface area contributed by atoms with Crippen LogP contribution < -0.4 is 20.5 Å². The third-order valence-corrected chi connectivity index (χ3v) is 3.47. The number of ether oxygens (including phenoxy) is 2. The normalized spacial score (nSPS) is 14.7. The topological polar surface area (TPSA) is 73.6 Å². The van der Waals surface area contributed by atoms with Crippen molar-refractivity contribution in [2.45, 2.75) is 6.04 Å². The second kappa shape index (κ2) is 5.46. The number of hydrogen-bond donors (Lipinski definition) is 2. The number of carbonyl (C=O) groups is 1. The predicted octanol–water partition coefficient (Wildman–Crippen LogP) is 2.07. The van der Waals surface area contributed by atoms with Crippen molar-refractivity contribution in [1.29, 1.82) is 0 Å². The number of hydrogen-bond acceptors (Lipinski definition) is 4. The Bertz CT molecular complexity index is 668. The maximum Gasteiger partial charge on any atom is 0.262 e. The summed E-state index contributed by atoms with van der Waals surface area (Å²) in [5, 5.41) is 2.79. The molecular formula is C16H16N2O3. The molecule has 1 aliphatic heterocycles. The van der Waals surface area contributed by atoms with Crippen molar-refractivity contribution in [3.8, 4) is 11.5 Å². The molecule has 1 heterocycles. The summed E-state index contributed by atoms with van der Waals surface area (Å²) in [5.74, 6) is 1.30. The van der Waals surface area contributed by atoms with Crippen LogP contribution in [0.3, 0.4) is 0 Å². The Morgan fingerprint density at radius 1 is 1.19 bits per heavy atom. The smallest absolute Gasteiger partial charge is 0.262 e. The van der Waals surface area contributed by atoms with Crippen LogP contribution in [0.15, 0.2) is 42.5 Å². The zero-order chi connectivity index (χ0) is 14.8. The summed E-state index contributed by atoms with van der Waals surface area (Å²) in [4.78, 5) is 11.4. The van der Waals surface area contributed by atoms with E-state index in [1.807, 2.05) is 42.5 Å². The van der Waals surface area contributed by atoms with Crippen molar-refractivity contribution in [2.75, 3.05) is 19.0 Å². The number of fused-ring (bicyclic) bond motifs is 1. The minimum absolute atomic E-state index is 0.0525. The van der Waals surface area contributed by atoms with Crippen molar-refractivity contribution in [2.24, 2.45) is 5.73 Å². The number of carbonyl (C=O) groups excluding carboxylic acids is 1. The number of methoxy groups -OCH3 is 1. The zero-order valence-electron chi connectivity index (χ0n) is 11.6. The Morgan fingerprint density at radius 3 is 2.62 bits per heavy atom. The van der Waals surface area contributed by atoms with Crippen LogP contribution >= 0.6 is 0 Å². The molecule has 0 spiro atoms. The van der Waals surface area contributed by atoms with Gasteiger partial charge in [0.1, 0.15) is 11.5 Å². The molecule has 0 saturated heterocycles. The number of nitrogens with one attached hydrogen (secondary N) is 1. The van der Waals surface area contributed by atoms with Gasteiger partial charge in [-0.3, -0.25) is 4.79 Å². The molecule has 0 saturated carbocycles. The second-order valence-electron chi connectivity index (χ2n) is 4.84. The van der Waals surface area contributed by atoms with Gasteiger partial charge < -0.3 is 20.5 Å². The summed E-state index contributed by atoms with van der Waals surface area (Å²) in [6.45, 7) is 0.0525. The number of amides is 1. The monoisotopic (exact) mass is 284 g/mol. The molecule has 5 nitrogen and oxygen atoms in total. The van der Waals surface area contributed by atoms with Crippen molar-refractivity contribution in [1.82, 2.24) is 0 Å². The van der Waals surface area contributed by atoms with Gasteiger partial charge in [0, 0.05) is 0 Å². The lowest BCUT2D eigenvalue weighted by molar-refractivity contribution is -0.118. The number of nitrogens with two attached hydrogens (primary N) is 1. The fourth-order valence-electron chi connectivity index (χ4n) is 2.30. The molecule has 1 atom stereocenters. The molecule has 2 aromatic carbocycles. The standard InChI is InChI=1S/C16H16N2O3/c1-20-12-5-2-10(3-6-12)16(17)11-4-7-14-13(8-11)18-15(19)9-21-14/h2-8,16H,9,17H2,1H3,(H,18,19). The van der Waals surface area contributed by atoms with E-state index >= 15 is 0 Å². The lowest BCUT2D eigenvalue weighted by Crippen LogP contribution is -2.25. The van der Waals surface area contributed by atoms with Gasteiger partial charge in [-0.1, -0.05) is 18.2 Å². The summed E-state index contributed by atoms with van der Waals surface area (Å²) < 4.78 is 10.5. The number of anilines is 1. The third-order valence-electron chi connectivity index (χ3n) is 3.47. The molecule has 3 rings (SSSR count). The Morgan fingerprint density at radius 2 is 1.90 bits per heavy atom. The average Bonchev–Trinajstić information content (AvgIpc) is 2.53. The molecule has 1 aliphatic rings.